The average Bonchev–Trinajstić information content (AvgIpc) is 2.86. The molecular weight excluding hydrogens is 314 g/mol. The Labute approximate surface area is 118 Å². The monoisotopic (exact) mass is 327 g/mol. The summed E-state index contributed by atoms with van der Waals surface area (Å²) in [5.41, 5.74) is 5.83. The average molecular weight is 328 g/mol. The van der Waals surface area contributed by atoms with Gasteiger partial charge in [0.05, 0.1) is 11.8 Å². The summed E-state index contributed by atoms with van der Waals surface area (Å²) in [7, 11) is 0. The SMILES string of the molecule is CCC(N)c1nc(CSc2ccccc2Br)no1. The molecule has 0 fully saturated rings. The van der Waals surface area contributed by atoms with E-state index >= 15 is 0 Å². The summed E-state index contributed by atoms with van der Waals surface area (Å²) in [5.74, 6) is 1.86. The van der Waals surface area contributed by atoms with E-state index < -0.39 is 0 Å². The van der Waals surface area contributed by atoms with Crippen LogP contribution in [-0.4, -0.2) is 10.1 Å². The zero-order chi connectivity index (χ0) is 13.0. The molecule has 0 spiro atoms. The van der Waals surface area contributed by atoms with Crippen molar-refractivity contribution in [3.8, 4) is 0 Å². The van der Waals surface area contributed by atoms with Crippen LogP contribution in [-0.2, 0) is 5.75 Å². The highest BCUT2D eigenvalue weighted by molar-refractivity contribution is 9.10. The Balaban J connectivity index is 1.98. The molecule has 0 aliphatic carbocycles. The molecule has 0 bridgehead atoms. The molecule has 1 atom stereocenters. The summed E-state index contributed by atoms with van der Waals surface area (Å²) in [6.45, 7) is 1.99. The molecule has 0 saturated heterocycles. The minimum atomic E-state index is -0.167. The summed E-state index contributed by atoms with van der Waals surface area (Å²) in [5, 5.41) is 3.93. The van der Waals surface area contributed by atoms with E-state index in [2.05, 4.69) is 26.1 Å². The highest BCUT2D eigenvalue weighted by Crippen LogP contribution is 2.29. The lowest BCUT2D eigenvalue weighted by atomic mass is 10.2. The standard InChI is InChI=1S/C12H14BrN3OS/c1-2-9(14)12-15-11(16-17-12)7-18-10-6-4-3-5-8(10)13/h3-6,9H,2,7,14H2,1H3. The van der Waals surface area contributed by atoms with Crippen molar-refractivity contribution in [3.05, 3.63) is 40.5 Å². The van der Waals surface area contributed by atoms with Crippen LogP contribution in [0.5, 0.6) is 0 Å². The molecule has 0 saturated carbocycles. The second-order valence-electron chi connectivity index (χ2n) is 3.78. The summed E-state index contributed by atoms with van der Waals surface area (Å²) in [6, 6.07) is 7.88. The van der Waals surface area contributed by atoms with Crippen LogP contribution >= 0.6 is 27.7 Å². The van der Waals surface area contributed by atoms with Crippen LogP contribution in [0.3, 0.4) is 0 Å². The highest BCUT2D eigenvalue weighted by Gasteiger charge is 2.13. The lowest BCUT2D eigenvalue weighted by Crippen LogP contribution is -2.08. The number of halogens is 1. The van der Waals surface area contributed by atoms with Crippen molar-refractivity contribution in [3.63, 3.8) is 0 Å². The summed E-state index contributed by atoms with van der Waals surface area (Å²) < 4.78 is 6.20. The van der Waals surface area contributed by atoms with Crippen molar-refractivity contribution >= 4 is 27.7 Å². The number of nitrogens with two attached hydrogens (primary N) is 1. The van der Waals surface area contributed by atoms with Crippen molar-refractivity contribution in [2.24, 2.45) is 5.73 Å². The molecule has 0 aliphatic heterocycles. The quantitative estimate of drug-likeness (QED) is 0.851. The van der Waals surface area contributed by atoms with Crippen LogP contribution in [0, 0.1) is 0 Å². The molecule has 4 nitrogen and oxygen atoms in total. The van der Waals surface area contributed by atoms with Gasteiger partial charge < -0.3 is 10.3 Å². The van der Waals surface area contributed by atoms with Crippen LogP contribution in [0.2, 0.25) is 0 Å². The molecule has 0 aliphatic rings. The number of thioether (sulfide) groups is 1. The normalized spacial score (nSPS) is 12.6. The Morgan fingerprint density at radius 1 is 1.44 bits per heavy atom. The van der Waals surface area contributed by atoms with Crippen LogP contribution in [0.15, 0.2) is 38.2 Å². The second kappa shape index (κ2) is 6.36. The van der Waals surface area contributed by atoms with Crippen molar-refractivity contribution in [1.29, 1.82) is 0 Å². The van der Waals surface area contributed by atoms with Gasteiger partial charge in [-0.3, -0.25) is 0 Å². The Morgan fingerprint density at radius 2 is 2.22 bits per heavy atom. The van der Waals surface area contributed by atoms with Gasteiger partial charge in [-0.25, -0.2) is 0 Å². The maximum atomic E-state index is 5.83. The number of rotatable bonds is 5. The number of nitrogens with zero attached hydrogens (tertiary/aromatic N) is 2. The third kappa shape index (κ3) is 3.34. The lowest BCUT2D eigenvalue weighted by molar-refractivity contribution is 0.349. The van der Waals surface area contributed by atoms with E-state index in [0.29, 0.717) is 17.5 Å². The number of aromatic nitrogens is 2. The maximum Gasteiger partial charge on any atom is 0.243 e. The largest absolute Gasteiger partial charge is 0.338 e. The lowest BCUT2D eigenvalue weighted by Gasteiger charge is -2.01. The third-order valence-electron chi connectivity index (χ3n) is 2.43. The third-order valence-corrected chi connectivity index (χ3v) is 4.46. The minimum Gasteiger partial charge on any atom is -0.338 e. The molecular formula is C12H14BrN3OS. The predicted molar refractivity (Wildman–Crippen MR) is 75.2 cm³/mol. The van der Waals surface area contributed by atoms with Gasteiger partial charge in [-0.1, -0.05) is 24.2 Å². The van der Waals surface area contributed by atoms with Gasteiger partial charge in [0.25, 0.3) is 0 Å². The Hall–Kier alpha value is -0.850. The van der Waals surface area contributed by atoms with Gasteiger partial charge >= 0.3 is 0 Å². The topological polar surface area (TPSA) is 64.9 Å². The first-order chi connectivity index (χ1) is 8.70. The first-order valence-electron chi connectivity index (χ1n) is 5.66. The smallest absolute Gasteiger partial charge is 0.243 e. The molecule has 6 heteroatoms. The highest BCUT2D eigenvalue weighted by atomic mass is 79.9. The van der Waals surface area contributed by atoms with Gasteiger partial charge in [-0.15, -0.1) is 11.8 Å². The zero-order valence-electron chi connectivity index (χ0n) is 9.97. The van der Waals surface area contributed by atoms with Gasteiger partial charge in [0.1, 0.15) is 0 Å². The van der Waals surface area contributed by atoms with Crippen molar-refractivity contribution < 1.29 is 4.52 Å². The molecule has 1 aromatic heterocycles. The fourth-order valence-corrected chi connectivity index (χ4v) is 2.77. The zero-order valence-corrected chi connectivity index (χ0v) is 12.4. The van der Waals surface area contributed by atoms with Crippen molar-refractivity contribution in [2.45, 2.75) is 30.0 Å². The molecule has 96 valence electrons. The van der Waals surface area contributed by atoms with Crippen molar-refractivity contribution in [1.82, 2.24) is 10.1 Å². The van der Waals surface area contributed by atoms with E-state index in [9.17, 15) is 0 Å². The van der Waals surface area contributed by atoms with E-state index in [0.717, 1.165) is 15.8 Å². The van der Waals surface area contributed by atoms with Crippen LogP contribution in [0.1, 0.15) is 31.1 Å². The molecule has 1 unspecified atom stereocenters. The van der Waals surface area contributed by atoms with Gasteiger partial charge in [0, 0.05) is 9.37 Å². The number of benzene rings is 1. The second-order valence-corrected chi connectivity index (χ2v) is 5.65. The van der Waals surface area contributed by atoms with Gasteiger partial charge in [0.2, 0.25) is 5.89 Å². The Kier molecular flexibility index (Phi) is 4.79. The van der Waals surface area contributed by atoms with E-state index in [1.807, 2.05) is 31.2 Å². The first kappa shape index (κ1) is 13.6. The summed E-state index contributed by atoms with van der Waals surface area (Å²) >= 11 is 5.16. The molecule has 0 radical (unpaired) electrons. The van der Waals surface area contributed by atoms with Gasteiger partial charge in [0.15, 0.2) is 5.82 Å². The van der Waals surface area contributed by atoms with E-state index in [1.54, 1.807) is 11.8 Å². The summed E-state index contributed by atoms with van der Waals surface area (Å²) in [6.07, 6.45) is 0.791. The molecule has 2 aromatic rings. The van der Waals surface area contributed by atoms with Crippen LogP contribution in [0.4, 0.5) is 0 Å². The van der Waals surface area contributed by atoms with Crippen LogP contribution < -0.4 is 5.73 Å². The van der Waals surface area contributed by atoms with E-state index in [1.165, 1.54) is 0 Å². The predicted octanol–water partition coefficient (Wildman–Crippen LogP) is 3.53. The molecule has 1 heterocycles. The van der Waals surface area contributed by atoms with E-state index in [4.69, 9.17) is 10.3 Å². The van der Waals surface area contributed by atoms with Gasteiger partial charge in [-0.05, 0) is 34.5 Å². The molecule has 18 heavy (non-hydrogen) atoms. The molecule has 0 amide bonds. The minimum absolute atomic E-state index is 0.167. The Bertz CT molecular complexity index is 518. The molecule has 1 aromatic carbocycles. The number of hydrogen-bond acceptors (Lipinski definition) is 5. The molecule has 2 N–H and O–H groups in total. The maximum absolute atomic E-state index is 5.83. The first-order valence-corrected chi connectivity index (χ1v) is 7.44. The molecule has 2 rings (SSSR count). The number of hydrogen-bond donors (Lipinski definition) is 1. The fourth-order valence-electron chi connectivity index (χ4n) is 1.36. The fraction of sp³-hybridized carbons (Fsp3) is 0.333. The Morgan fingerprint density at radius 3 is 2.94 bits per heavy atom. The van der Waals surface area contributed by atoms with Crippen molar-refractivity contribution in [2.75, 3.05) is 0 Å². The van der Waals surface area contributed by atoms with E-state index in [-0.39, 0.29) is 6.04 Å². The van der Waals surface area contributed by atoms with Crippen LogP contribution in [0.25, 0.3) is 0 Å². The van der Waals surface area contributed by atoms with Gasteiger partial charge in [-0.2, -0.15) is 4.98 Å². The summed E-state index contributed by atoms with van der Waals surface area (Å²) in [4.78, 5) is 5.44.